The van der Waals surface area contributed by atoms with Gasteiger partial charge in [-0.25, -0.2) is 0 Å². The summed E-state index contributed by atoms with van der Waals surface area (Å²) >= 11 is 0. The summed E-state index contributed by atoms with van der Waals surface area (Å²) in [7, 11) is 2.97. The first-order valence-electron chi connectivity index (χ1n) is 12.5. The van der Waals surface area contributed by atoms with Gasteiger partial charge in [-0.15, -0.1) is 0 Å². The molecule has 0 bridgehead atoms. The number of halogens is 1. The fourth-order valence-electron chi connectivity index (χ4n) is 3.02. The number of unbranched alkanes of at least 4 members (excludes halogenated alkanes) is 3. The minimum absolute atomic E-state index is 0. The average Bonchev–Trinajstić information content (AvgIpc) is 2.82. The number of ketones is 1. The Balaban J connectivity index is -0.00000111. The van der Waals surface area contributed by atoms with Crippen LogP contribution in [0.4, 0.5) is 0 Å². The molecule has 35 heavy (non-hydrogen) atoms. The molecule has 0 saturated carbocycles. The molecular formula is C24H49ClN4O6. The highest BCUT2D eigenvalue weighted by Gasteiger charge is 2.26. The molecule has 0 aromatic heterocycles. The molecule has 0 aromatic rings. The highest BCUT2D eigenvalue weighted by molar-refractivity contribution is 5.92. The number of rotatable bonds is 19. The Labute approximate surface area is 217 Å². The van der Waals surface area contributed by atoms with Crippen molar-refractivity contribution in [3.05, 3.63) is 0 Å². The van der Waals surface area contributed by atoms with E-state index >= 15 is 0 Å². The first-order chi connectivity index (χ1) is 16.3. The van der Waals surface area contributed by atoms with Gasteiger partial charge in [-0.05, 0) is 25.7 Å². The molecule has 0 heterocycles. The van der Waals surface area contributed by atoms with Crippen molar-refractivity contribution < 1.29 is 47.2 Å². The summed E-state index contributed by atoms with van der Waals surface area (Å²) in [5.74, 6) is -2.42. The molecule has 11 heteroatoms. The molecule has 0 aliphatic rings. The standard InChI is InChI=1S/C18H33N3O6.C6H15N.ClH/c1-13(17(25)20-3)10-15(23)11-14(12-16(24)19-2)18(26)21-6-4-8-27-9-5-7-22;1-2-3-4-5-6-7;/h13-14,22H,4-12H2,1-3H3,(H,19,24)(H,20,25)(H,21,26);2-7H2,1H3;1H. The second-order valence-corrected chi connectivity index (χ2v) is 8.28. The Hall–Kier alpha value is -1.75. The Morgan fingerprint density at radius 1 is 0.886 bits per heavy atom. The predicted molar refractivity (Wildman–Crippen MR) is 132 cm³/mol. The van der Waals surface area contributed by atoms with Gasteiger partial charge in [0.15, 0.2) is 0 Å². The Bertz CT molecular complexity index is 562. The first kappa shape index (κ1) is 37.8. The van der Waals surface area contributed by atoms with Crippen molar-refractivity contribution in [2.45, 2.75) is 71.6 Å². The molecule has 0 aromatic carbocycles. The zero-order valence-corrected chi connectivity index (χ0v) is 22.9. The van der Waals surface area contributed by atoms with Crippen molar-refractivity contribution in [3.63, 3.8) is 0 Å². The van der Waals surface area contributed by atoms with E-state index in [0.29, 0.717) is 32.6 Å². The number of hydrogen-bond acceptors (Lipinski definition) is 6. The molecule has 10 nitrogen and oxygen atoms in total. The van der Waals surface area contributed by atoms with Crippen molar-refractivity contribution in [1.82, 2.24) is 16.0 Å². The van der Waals surface area contributed by atoms with Crippen LogP contribution in [-0.2, 0) is 23.9 Å². The van der Waals surface area contributed by atoms with Gasteiger partial charge in [0.05, 0.1) is 12.5 Å². The maximum atomic E-state index is 12.3. The van der Waals surface area contributed by atoms with Gasteiger partial charge < -0.3 is 43.9 Å². The summed E-state index contributed by atoms with van der Waals surface area (Å²) in [5, 5.41) is 16.3. The fourth-order valence-corrected chi connectivity index (χ4v) is 3.02. The predicted octanol–water partition coefficient (Wildman–Crippen LogP) is -2.81. The van der Waals surface area contributed by atoms with E-state index in [4.69, 9.17) is 9.84 Å². The van der Waals surface area contributed by atoms with Crippen molar-refractivity contribution in [2.75, 3.05) is 47.0 Å². The summed E-state index contributed by atoms with van der Waals surface area (Å²) in [6.07, 6.45) is 6.41. The largest absolute Gasteiger partial charge is 1.00 e. The summed E-state index contributed by atoms with van der Waals surface area (Å²) in [5.41, 5.74) is 3.76. The second-order valence-electron chi connectivity index (χ2n) is 8.28. The molecule has 0 spiro atoms. The number of carbonyl (C=O) groups is 4. The van der Waals surface area contributed by atoms with Crippen LogP contribution in [0.1, 0.15) is 71.6 Å². The van der Waals surface area contributed by atoms with Crippen molar-refractivity contribution in [2.24, 2.45) is 11.8 Å². The van der Waals surface area contributed by atoms with Gasteiger partial charge in [-0.2, -0.15) is 0 Å². The number of carbonyl (C=O) groups excluding carboxylic acids is 4. The van der Waals surface area contributed by atoms with Crippen molar-refractivity contribution in [1.29, 1.82) is 0 Å². The number of hydrogen-bond donors (Lipinski definition) is 5. The summed E-state index contributed by atoms with van der Waals surface area (Å²) in [6.45, 7) is 6.32. The lowest BCUT2D eigenvalue weighted by molar-refractivity contribution is -0.368. The topological polar surface area (TPSA) is 161 Å². The van der Waals surface area contributed by atoms with E-state index in [1.807, 2.05) is 0 Å². The molecule has 0 aliphatic carbocycles. The van der Waals surface area contributed by atoms with Crippen LogP contribution in [0, 0.1) is 11.8 Å². The van der Waals surface area contributed by atoms with Crippen LogP contribution in [-0.4, -0.2) is 75.6 Å². The molecule has 0 saturated heterocycles. The number of amides is 3. The summed E-state index contributed by atoms with van der Waals surface area (Å²) < 4.78 is 5.27. The van der Waals surface area contributed by atoms with Crippen LogP contribution in [0.25, 0.3) is 0 Å². The number of aliphatic hydroxyl groups excluding tert-OH is 1. The lowest BCUT2D eigenvalue weighted by Gasteiger charge is -2.17. The van der Waals surface area contributed by atoms with Gasteiger partial charge in [0.25, 0.3) is 0 Å². The normalized spacial score (nSPS) is 11.7. The van der Waals surface area contributed by atoms with E-state index in [1.165, 1.54) is 39.8 Å². The minimum Gasteiger partial charge on any atom is -1.00 e. The van der Waals surface area contributed by atoms with E-state index in [9.17, 15) is 19.2 Å². The molecule has 0 aliphatic heterocycles. The quantitative estimate of drug-likeness (QED) is 0.115. The zero-order chi connectivity index (χ0) is 26.2. The smallest absolute Gasteiger partial charge is 0.224 e. The van der Waals surface area contributed by atoms with Gasteiger partial charge in [0.2, 0.25) is 17.7 Å². The Morgan fingerprint density at radius 3 is 2.09 bits per heavy atom. The number of nitrogens with one attached hydrogen (secondary N) is 3. The van der Waals surface area contributed by atoms with E-state index < -0.39 is 11.8 Å². The lowest BCUT2D eigenvalue weighted by Crippen LogP contribution is -3.00. The van der Waals surface area contributed by atoms with Gasteiger partial charge >= 0.3 is 0 Å². The molecule has 0 radical (unpaired) electrons. The van der Waals surface area contributed by atoms with Crippen LogP contribution in [0.5, 0.6) is 0 Å². The third kappa shape index (κ3) is 23.7. The van der Waals surface area contributed by atoms with E-state index in [-0.39, 0.29) is 61.8 Å². The van der Waals surface area contributed by atoms with E-state index in [1.54, 1.807) is 6.92 Å². The number of quaternary nitrogens is 1. The fraction of sp³-hybridized carbons (Fsp3) is 0.833. The number of aliphatic hydroxyl groups is 1. The molecular weight excluding hydrogens is 476 g/mol. The van der Waals surface area contributed by atoms with Crippen molar-refractivity contribution >= 4 is 23.5 Å². The molecule has 7 N–H and O–H groups in total. The van der Waals surface area contributed by atoms with E-state index in [0.717, 1.165) is 6.54 Å². The number of ether oxygens (including phenoxy) is 1. The molecule has 0 fully saturated rings. The highest BCUT2D eigenvalue weighted by atomic mass is 35.5. The SMILES string of the molecule is CCCCCC[NH3+].CNC(=O)CC(CC(=O)CC(C)C(=O)NC)C(=O)NCCCOCCCO.[Cl-]. The lowest BCUT2D eigenvalue weighted by atomic mass is 9.92. The monoisotopic (exact) mass is 524 g/mol. The molecule has 2 unspecified atom stereocenters. The Morgan fingerprint density at radius 2 is 1.54 bits per heavy atom. The maximum absolute atomic E-state index is 12.3. The van der Waals surface area contributed by atoms with Crippen LogP contribution in [0.2, 0.25) is 0 Å². The summed E-state index contributed by atoms with van der Waals surface area (Å²) in [6, 6.07) is 0. The molecule has 0 rings (SSSR count). The van der Waals surface area contributed by atoms with Crippen LogP contribution >= 0.6 is 0 Å². The van der Waals surface area contributed by atoms with Crippen LogP contribution < -0.4 is 34.1 Å². The first-order valence-corrected chi connectivity index (χ1v) is 12.5. The maximum Gasteiger partial charge on any atom is 0.224 e. The molecule has 3 amide bonds. The van der Waals surface area contributed by atoms with Crippen LogP contribution in [0.3, 0.4) is 0 Å². The minimum atomic E-state index is -0.773. The Kier molecular flexibility index (Phi) is 29.0. The average molecular weight is 525 g/mol. The molecule has 208 valence electrons. The second kappa shape index (κ2) is 26.8. The third-order valence-electron chi connectivity index (χ3n) is 5.10. The van der Waals surface area contributed by atoms with Crippen LogP contribution in [0.15, 0.2) is 0 Å². The highest BCUT2D eigenvalue weighted by Crippen LogP contribution is 2.14. The van der Waals surface area contributed by atoms with Gasteiger partial charge in [0, 0.05) is 65.6 Å². The number of Topliss-reactive ketones (excluding diaryl/α,β-unsaturated/α-hetero) is 1. The van der Waals surface area contributed by atoms with E-state index in [2.05, 4.69) is 28.6 Å². The van der Waals surface area contributed by atoms with Gasteiger partial charge in [-0.3, -0.25) is 19.2 Å². The summed E-state index contributed by atoms with van der Waals surface area (Å²) in [4.78, 5) is 47.7. The van der Waals surface area contributed by atoms with Gasteiger partial charge in [-0.1, -0.05) is 26.7 Å². The zero-order valence-electron chi connectivity index (χ0n) is 22.1. The van der Waals surface area contributed by atoms with Gasteiger partial charge in [0.1, 0.15) is 5.78 Å². The third-order valence-corrected chi connectivity index (χ3v) is 5.10. The van der Waals surface area contributed by atoms with Crippen molar-refractivity contribution in [3.8, 4) is 0 Å². The molecule has 2 atom stereocenters.